The van der Waals surface area contributed by atoms with Crippen molar-refractivity contribution in [2.45, 2.75) is 46.1 Å². The molecule has 8 heteroatoms. The molecule has 2 saturated heterocycles. The highest BCUT2D eigenvalue weighted by Crippen LogP contribution is 2.42. The molecule has 0 aromatic heterocycles. The van der Waals surface area contributed by atoms with E-state index in [0.717, 1.165) is 38.0 Å². The highest BCUT2D eigenvalue weighted by Gasteiger charge is 2.46. The number of unbranched alkanes of at least 4 members (excludes halogenated alkanes) is 1. The first kappa shape index (κ1) is 28.6. The van der Waals surface area contributed by atoms with Gasteiger partial charge in [-0.25, -0.2) is 0 Å². The number of nitrogens with zero attached hydrogens (tertiary/aromatic N) is 2. The summed E-state index contributed by atoms with van der Waals surface area (Å²) in [6, 6.07) is 12.1. The Morgan fingerprint density at radius 1 is 0.974 bits per heavy atom. The number of morpholine rings is 1. The maximum Gasteiger partial charge on any atom is 0.295 e. The Balaban J connectivity index is 1.70. The first-order valence-electron chi connectivity index (χ1n) is 14.0. The molecule has 0 saturated carbocycles. The van der Waals surface area contributed by atoms with Crippen molar-refractivity contribution in [3.63, 3.8) is 0 Å². The fourth-order valence-corrected chi connectivity index (χ4v) is 5.02. The lowest BCUT2D eigenvalue weighted by Gasteiger charge is -2.29. The summed E-state index contributed by atoms with van der Waals surface area (Å²) in [6.45, 7) is 11.3. The lowest BCUT2D eigenvalue weighted by atomic mass is 9.94. The second-order valence-corrected chi connectivity index (χ2v) is 10.0. The van der Waals surface area contributed by atoms with E-state index >= 15 is 0 Å². The van der Waals surface area contributed by atoms with Gasteiger partial charge in [-0.1, -0.05) is 49.2 Å². The molecule has 1 amide bonds. The molecule has 210 valence electrons. The van der Waals surface area contributed by atoms with Crippen LogP contribution in [0.1, 0.15) is 55.8 Å². The Morgan fingerprint density at radius 3 is 2.41 bits per heavy atom. The molecule has 1 unspecified atom stereocenters. The third kappa shape index (κ3) is 6.81. The predicted octanol–water partition coefficient (Wildman–Crippen LogP) is 4.72. The van der Waals surface area contributed by atoms with Crippen molar-refractivity contribution in [1.82, 2.24) is 9.80 Å². The number of aliphatic hydroxyl groups excluding tert-OH is 1. The maximum absolute atomic E-state index is 13.4. The van der Waals surface area contributed by atoms with E-state index in [9.17, 15) is 14.7 Å². The average molecular weight is 537 g/mol. The van der Waals surface area contributed by atoms with Gasteiger partial charge in [0, 0.05) is 31.7 Å². The highest BCUT2D eigenvalue weighted by molar-refractivity contribution is 6.46. The molecule has 0 aliphatic carbocycles. The van der Waals surface area contributed by atoms with Crippen LogP contribution in [-0.4, -0.2) is 79.2 Å². The summed E-state index contributed by atoms with van der Waals surface area (Å²) < 4.78 is 17.3. The molecule has 2 aliphatic heterocycles. The molecule has 1 atom stereocenters. The van der Waals surface area contributed by atoms with Gasteiger partial charge in [0.05, 0.1) is 38.0 Å². The van der Waals surface area contributed by atoms with Gasteiger partial charge in [-0.15, -0.1) is 0 Å². The minimum absolute atomic E-state index is 0.0947. The minimum atomic E-state index is -0.736. The van der Waals surface area contributed by atoms with Gasteiger partial charge in [0.15, 0.2) is 11.5 Å². The third-order valence-electron chi connectivity index (χ3n) is 7.18. The quantitative estimate of drug-likeness (QED) is 0.182. The van der Waals surface area contributed by atoms with E-state index in [0.29, 0.717) is 62.0 Å². The van der Waals surface area contributed by atoms with Gasteiger partial charge < -0.3 is 24.2 Å². The Labute approximate surface area is 231 Å². The van der Waals surface area contributed by atoms with Gasteiger partial charge in [0.2, 0.25) is 0 Å². The number of rotatable bonds is 12. The van der Waals surface area contributed by atoms with Crippen LogP contribution < -0.4 is 9.47 Å². The topological polar surface area (TPSA) is 88.5 Å². The van der Waals surface area contributed by atoms with E-state index in [1.54, 1.807) is 17.0 Å². The lowest BCUT2D eigenvalue weighted by molar-refractivity contribution is -0.140. The number of aliphatic hydroxyl groups is 1. The smallest absolute Gasteiger partial charge is 0.295 e. The number of likely N-dealkylation sites (tertiary alicyclic amines) is 1. The van der Waals surface area contributed by atoms with E-state index in [1.807, 2.05) is 44.2 Å². The van der Waals surface area contributed by atoms with E-state index < -0.39 is 17.7 Å². The van der Waals surface area contributed by atoms with E-state index in [4.69, 9.17) is 14.2 Å². The van der Waals surface area contributed by atoms with Crippen LogP contribution in [0.3, 0.4) is 0 Å². The molecular formula is C31H40N2O6. The Hall–Kier alpha value is -3.36. The maximum atomic E-state index is 13.4. The first-order chi connectivity index (χ1) is 18.9. The number of carbonyl (C=O) groups is 2. The van der Waals surface area contributed by atoms with Crippen molar-refractivity contribution in [2.24, 2.45) is 0 Å². The van der Waals surface area contributed by atoms with Gasteiger partial charge in [0.1, 0.15) is 5.76 Å². The molecule has 0 radical (unpaired) electrons. The number of aryl methyl sites for hydroxylation is 1. The van der Waals surface area contributed by atoms with Crippen LogP contribution in [0.4, 0.5) is 0 Å². The molecule has 4 rings (SSSR count). The molecule has 1 N–H and O–H groups in total. The Kier molecular flexibility index (Phi) is 10.0. The molecule has 0 bridgehead atoms. The van der Waals surface area contributed by atoms with Crippen molar-refractivity contribution < 1.29 is 28.9 Å². The standard InChI is InChI=1S/C31H40N2O6/c1-4-6-18-39-25-13-12-24(21-26(25)38-5-2)28-27(29(34)23-10-8-22(3)9-11-23)30(35)31(36)33(28)15-7-14-32-16-19-37-20-17-32/h8-13,21,28,34H,4-7,14-20H2,1-3H3/b29-27+. The number of amides is 1. The van der Waals surface area contributed by atoms with Crippen LogP contribution in [-0.2, 0) is 14.3 Å². The Bertz CT molecular complexity index is 1170. The molecule has 39 heavy (non-hydrogen) atoms. The lowest BCUT2D eigenvalue weighted by Crippen LogP contribution is -2.39. The summed E-state index contributed by atoms with van der Waals surface area (Å²) in [5.74, 6) is -0.269. The molecule has 2 aromatic carbocycles. The van der Waals surface area contributed by atoms with Gasteiger partial charge in [-0.05, 0) is 44.4 Å². The molecule has 2 aromatic rings. The zero-order valence-electron chi connectivity index (χ0n) is 23.3. The molecule has 0 spiro atoms. The predicted molar refractivity (Wildman–Crippen MR) is 150 cm³/mol. The molecule has 2 fully saturated rings. The van der Waals surface area contributed by atoms with Crippen LogP contribution in [0.15, 0.2) is 48.0 Å². The average Bonchev–Trinajstić information content (AvgIpc) is 3.20. The second kappa shape index (κ2) is 13.6. The highest BCUT2D eigenvalue weighted by atomic mass is 16.5. The number of ketones is 1. The minimum Gasteiger partial charge on any atom is -0.507 e. The van der Waals surface area contributed by atoms with Crippen LogP contribution >= 0.6 is 0 Å². The van der Waals surface area contributed by atoms with Gasteiger partial charge >= 0.3 is 0 Å². The van der Waals surface area contributed by atoms with Gasteiger partial charge in [-0.2, -0.15) is 0 Å². The van der Waals surface area contributed by atoms with Crippen LogP contribution in [0, 0.1) is 6.92 Å². The summed E-state index contributed by atoms with van der Waals surface area (Å²) in [5.41, 5.74) is 2.33. The molecular weight excluding hydrogens is 496 g/mol. The third-order valence-corrected chi connectivity index (χ3v) is 7.18. The Morgan fingerprint density at radius 2 is 1.72 bits per heavy atom. The summed E-state index contributed by atoms with van der Waals surface area (Å²) in [4.78, 5) is 30.7. The molecule has 8 nitrogen and oxygen atoms in total. The number of ether oxygens (including phenoxy) is 3. The van der Waals surface area contributed by atoms with Crippen LogP contribution in [0.5, 0.6) is 11.5 Å². The fourth-order valence-electron chi connectivity index (χ4n) is 5.02. The van der Waals surface area contributed by atoms with E-state index in [2.05, 4.69) is 11.8 Å². The fraction of sp³-hybridized carbons (Fsp3) is 0.484. The van der Waals surface area contributed by atoms with E-state index in [-0.39, 0.29) is 11.3 Å². The monoisotopic (exact) mass is 536 g/mol. The molecule has 2 aliphatic rings. The van der Waals surface area contributed by atoms with Crippen molar-refractivity contribution in [3.8, 4) is 11.5 Å². The summed E-state index contributed by atoms with van der Waals surface area (Å²) in [6.07, 6.45) is 2.64. The summed E-state index contributed by atoms with van der Waals surface area (Å²) >= 11 is 0. The van der Waals surface area contributed by atoms with Crippen molar-refractivity contribution >= 4 is 17.4 Å². The zero-order chi connectivity index (χ0) is 27.8. The second-order valence-electron chi connectivity index (χ2n) is 10.0. The number of hydrogen-bond acceptors (Lipinski definition) is 7. The zero-order valence-corrected chi connectivity index (χ0v) is 23.3. The largest absolute Gasteiger partial charge is 0.507 e. The van der Waals surface area contributed by atoms with Gasteiger partial charge in [-0.3, -0.25) is 14.5 Å². The SMILES string of the molecule is CCCCOc1ccc(C2/C(=C(\O)c3ccc(C)cc3)C(=O)C(=O)N2CCCN2CCOCC2)cc1OCC. The summed E-state index contributed by atoms with van der Waals surface area (Å²) in [5, 5.41) is 11.4. The van der Waals surface area contributed by atoms with E-state index in [1.165, 1.54) is 0 Å². The van der Waals surface area contributed by atoms with Crippen LogP contribution in [0.2, 0.25) is 0 Å². The summed E-state index contributed by atoms with van der Waals surface area (Å²) in [7, 11) is 0. The first-order valence-corrected chi connectivity index (χ1v) is 14.0. The normalized spacial score (nSPS) is 19.5. The number of carbonyl (C=O) groups excluding carboxylic acids is 2. The van der Waals surface area contributed by atoms with Gasteiger partial charge in [0.25, 0.3) is 11.7 Å². The number of benzene rings is 2. The van der Waals surface area contributed by atoms with Crippen molar-refractivity contribution in [1.29, 1.82) is 0 Å². The molecule has 2 heterocycles. The van der Waals surface area contributed by atoms with Crippen molar-refractivity contribution in [3.05, 3.63) is 64.7 Å². The van der Waals surface area contributed by atoms with Crippen LogP contribution in [0.25, 0.3) is 5.76 Å². The number of hydrogen-bond donors (Lipinski definition) is 1. The van der Waals surface area contributed by atoms with Crippen molar-refractivity contribution in [2.75, 3.05) is 52.6 Å². The number of Topliss-reactive ketones (excluding diaryl/α,β-unsaturated/α-hetero) is 1.